The molecule has 8 nitrogen and oxygen atoms in total. The molecule has 0 aliphatic carbocycles. The van der Waals surface area contributed by atoms with Gasteiger partial charge in [0.05, 0.1) is 11.6 Å². The van der Waals surface area contributed by atoms with Gasteiger partial charge in [-0.1, -0.05) is 0 Å². The van der Waals surface area contributed by atoms with Crippen LogP contribution in [-0.2, 0) is 16.0 Å². The zero-order valence-corrected chi connectivity index (χ0v) is 17.5. The molecule has 0 saturated carbocycles. The van der Waals surface area contributed by atoms with E-state index in [0.717, 1.165) is 18.5 Å². The Labute approximate surface area is 180 Å². The number of ether oxygens (including phenoxy) is 3. The molecule has 4 rings (SSSR count). The molecular weight excluding hydrogens is 405 g/mol. The number of anilines is 1. The summed E-state index contributed by atoms with van der Waals surface area (Å²) in [6, 6.07) is 3.09. The number of fused-ring (bicyclic) bond motifs is 1. The van der Waals surface area contributed by atoms with Crippen LogP contribution in [0, 0.1) is 11.7 Å². The van der Waals surface area contributed by atoms with Crippen LogP contribution in [0.25, 0.3) is 11.3 Å². The van der Waals surface area contributed by atoms with Gasteiger partial charge in [0.15, 0.2) is 17.4 Å². The monoisotopic (exact) mass is 431 g/mol. The minimum atomic E-state index is -0.765. The van der Waals surface area contributed by atoms with Gasteiger partial charge in [-0.05, 0) is 44.2 Å². The van der Waals surface area contributed by atoms with Crippen LogP contribution >= 0.6 is 0 Å². The van der Waals surface area contributed by atoms with E-state index in [9.17, 15) is 14.3 Å². The fourth-order valence-electron chi connectivity index (χ4n) is 4.02. The summed E-state index contributed by atoms with van der Waals surface area (Å²) >= 11 is 0. The number of aryl methyl sites for hydroxylation is 1. The van der Waals surface area contributed by atoms with Crippen LogP contribution in [-0.4, -0.2) is 54.6 Å². The number of carboxylic acids is 1. The first-order chi connectivity index (χ1) is 15.1. The van der Waals surface area contributed by atoms with Crippen molar-refractivity contribution in [1.29, 1.82) is 0 Å². The van der Waals surface area contributed by atoms with E-state index in [-0.39, 0.29) is 18.5 Å². The van der Waals surface area contributed by atoms with Crippen molar-refractivity contribution in [3.63, 3.8) is 0 Å². The van der Waals surface area contributed by atoms with E-state index in [0.29, 0.717) is 61.8 Å². The number of carbonyl (C=O) groups is 1. The van der Waals surface area contributed by atoms with Gasteiger partial charge in [-0.15, -0.1) is 0 Å². The average Bonchev–Trinajstić information content (AvgIpc) is 3.10. The van der Waals surface area contributed by atoms with Crippen LogP contribution in [0.15, 0.2) is 18.3 Å². The lowest BCUT2D eigenvalue weighted by Crippen LogP contribution is -2.27. The Bertz CT molecular complexity index is 955. The predicted molar refractivity (Wildman–Crippen MR) is 111 cm³/mol. The molecule has 2 aliphatic heterocycles. The van der Waals surface area contributed by atoms with Gasteiger partial charge in [-0.25, -0.2) is 9.37 Å². The Morgan fingerprint density at radius 2 is 2.19 bits per heavy atom. The second kappa shape index (κ2) is 9.47. The number of halogens is 1. The van der Waals surface area contributed by atoms with Gasteiger partial charge in [0.1, 0.15) is 5.69 Å². The SMILES string of the molecule is COCCCc1cnc(-c2cc(F)c3c(c2)OCO3)c(N2CCCC(C(=O)O)CC2)n1. The molecule has 3 heterocycles. The third kappa shape index (κ3) is 4.71. The first kappa shape index (κ1) is 21.3. The number of rotatable bonds is 7. The van der Waals surface area contributed by atoms with Crippen molar-refractivity contribution < 1.29 is 28.5 Å². The molecule has 0 bridgehead atoms. The van der Waals surface area contributed by atoms with Crippen molar-refractivity contribution in [3.8, 4) is 22.8 Å². The zero-order chi connectivity index (χ0) is 21.8. The van der Waals surface area contributed by atoms with Gasteiger partial charge in [0.2, 0.25) is 12.5 Å². The summed E-state index contributed by atoms with van der Waals surface area (Å²) in [6.07, 6.45) is 5.11. The molecule has 1 aromatic carbocycles. The quantitative estimate of drug-likeness (QED) is 0.668. The number of aromatic nitrogens is 2. The number of carboxylic acid groups (broad SMARTS) is 1. The van der Waals surface area contributed by atoms with E-state index in [1.807, 2.05) is 0 Å². The highest BCUT2D eigenvalue weighted by atomic mass is 19.1. The summed E-state index contributed by atoms with van der Waals surface area (Å²) in [5.41, 5.74) is 1.91. The first-order valence-corrected chi connectivity index (χ1v) is 10.5. The Morgan fingerprint density at radius 1 is 1.32 bits per heavy atom. The third-order valence-corrected chi connectivity index (χ3v) is 5.66. The molecular formula is C22H26FN3O5. The molecule has 9 heteroatoms. The van der Waals surface area contributed by atoms with E-state index in [1.165, 1.54) is 6.07 Å². The van der Waals surface area contributed by atoms with Crippen LogP contribution in [0.1, 0.15) is 31.4 Å². The highest BCUT2D eigenvalue weighted by Crippen LogP contribution is 2.40. The second-order valence-electron chi connectivity index (χ2n) is 7.77. The van der Waals surface area contributed by atoms with Gasteiger partial charge in [0.25, 0.3) is 0 Å². The van der Waals surface area contributed by atoms with E-state index in [2.05, 4.69) is 9.88 Å². The van der Waals surface area contributed by atoms with Crippen molar-refractivity contribution in [2.45, 2.75) is 32.1 Å². The number of benzene rings is 1. The second-order valence-corrected chi connectivity index (χ2v) is 7.77. The van der Waals surface area contributed by atoms with E-state index in [1.54, 1.807) is 19.4 Å². The maximum Gasteiger partial charge on any atom is 0.306 e. The molecule has 1 aromatic heterocycles. The molecule has 166 valence electrons. The fourth-order valence-corrected chi connectivity index (χ4v) is 4.02. The highest BCUT2D eigenvalue weighted by Gasteiger charge is 2.27. The van der Waals surface area contributed by atoms with Crippen LogP contribution in [0.3, 0.4) is 0 Å². The minimum Gasteiger partial charge on any atom is -0.481 e. The van der Waals surface area contributed by atoms with Crippen LogP contribution in [0.5, 0.6) is 11.5 Å². The highest BCUT2D eigenvalue weighted by molar-refractivity contribution is 5.75. The number of hydrogen-bond donors (Lipinski definition) is 1. The van der Waals surface area contributed by atoms with Gasteiger partial charge in [-0.2, -0.15) is 0 Å². The van der Waals surface area contributed by atoms with Crippen LogP contribution < -0.4 is 14.4 Å². The van der Waals surface area contributed by atoms with Gasteiger partial charge >= 0.3 is 5.97 Å². The maximum atomic E-state index is 14.6. The van der Waals surface area contributed by atoms with Gasteiger partial charge < -0.3 is 24.2 Å². The molecule has 2 aliphatic rings. The molecule has 2 aromatic rings. The Hall–Kier alpha value is -2.94. The summed E-state index contributed by atoms with van der Waals surface area (Å²) in [6.45, 7) is 1.82. The van der Waals surface area contributed by atoms with Crippen molar-refractivity contribution in [3.05, 3.63) is 29.8 Å². The molecule has 0 spiro atoms. The Morgan fingerprint density at radius 3 is 3.00 bits per heavy atom. The molecule has 1 atom stereocenters. The normalized spacial score (nSPS) is 18.1. The first-order valence-electron chi connectivity index (χ1n) is 10.5. The molecule has 1 unspecified atom stereocenters. The minimum absolute atomic E-state index is 0.0185. The van der Waals surface area contributed by atoms with Crippen LogP contribution in [0.2, 0.25) is 0 Å². The molecule has 0 amide bonds. The summed E-state index contributed by atoms with van der Waals surface area (Å²) in [5, 5.41) is 9.41. The molecule has 1 fully saturated rings. The summed E-state index contributed by atoms with van der Waals surface area (Å²) in [7, 11) is 1.66. The number of nitrogens with zero attached hydrogens (tertiary/aromatic N) is 3. The smallest absolute Gasteiger partial charge is 0.306 e. The van der Waals surface area contributed by atoms with Crippen molar-refractivity contribution >= 4 is 11.8 Å². The lowest BCUT2D eigenvalue weighted by molar-refractivity contribution is -0.142. The van der Waals surface area contributed by atoms with Crippen LogP contribution in [0.4, 0.5) is 10.2 Å². The average molecular weight is 431 g/mol. The van der Waals surface area contributed by atoms with E-state index >= 15 is 0 Å². The van der Waals surface area contributed by atoms with Gasteiger partial charge in [0, 0.05) is 38.6 Å². The number of hydrogen-bond acceptors (Lipinski definition) is 7. The van der Waals surface area contributed by atoms with E-state index < -0.39 is 11.8 Å². The molecule has 1 saturated heterocycles. The standard InChI is InChI=1S/C22H26FN3O5/c1-29-9-3-5-16-12-24-19(15-10-17(23)20-18(11-15)30-13-31-20)21(25-16)26-7-2-4-14(6-8-26)22(27)28/h10-12,14H,2-9,13H2,1H3,(H,27,28). The number of aliphatic carboxylic acids is 1. The van der Waals surface area contributed by atoms with Crippen molar-refractivity contribution in [2.24, 2.45) is 5.92 Å². The molecule has 1 N–H and O–H groups in total. The Balaban J connectivity index is 1.69. The summed E-state index contributed by atoms with van der Waals surface area (Å²) < 4.78 is 30.2. The summed E-state index contributed by atoms with van der Waals surface area (Å²) in [5.74, 6) is -0.557. The largest absolute Gasteiger partial charge is 0.481 e. The molecule has 31 heavy (non-hydrogen) atoms. The van der Waals surface area contributed by atoms with E-state index in [4.69, 9.17) is 19.2 Å². The lowest BCUT2D eigenvalue weighted by atomic mass is 10.0. The lowest BCUT2D eigenvalue weighted by Gasteiger charge is -2.24. The maximum absolute atomic E-state index is 14.6. The topological polar surface area (TPSA) is 94.0 Å². The number of methoxy groups -OCH3 is 1. The third-order valence-electron chi connectivity index (χ3n) is 5.66. The van der Waals surface area contributed by atoms with Crippen molar-refractivity contribution in [2.75, 3.05) is 38.5 Å². The van der Waals surface area contributed by atoms with Crippen molar-refractivity contribution in [1.82, 2.24) is 9.97 Å². The van der Waals surface area contributed by atoms with Gasteiger partial charge in [-0.3, -0.25) is 9.78 Å². The Kier molecular flexibility index (Phi) is 6.50. The zero-order valence-electron chi connectivity index (χ0n) is 17.5. The predicted octanol–water partition coefficient (Wildman–Crippen LogP) is 3.28. The summed E-state index contributed by atoms with van der Waals surface area (Å²) in [4.78, 5) is 23.0. The fraction of sp³-hybridized carbons (Fsp3) is 0.500. The molecule has 0 radical (unpaired) electrons.